The van der Waals surface area contributed by atoms with E-state index < -0.39 is 31.1 Å². The third kappa shape index (κ3) is 5.73. The summed E-state index contributed by atoms with van der Waals surface area (Å²) < 4.78 is 10.3. The predicted octanol–water partition coefficient (Wildman–Crippen LogP) is 3.54. The highest BCUT2D eigenvalue weighted by Crippen LogP contribution is 2.37. The number of esters is 1. The Morgan fingerprint density at radius 2 is 1.87 bits per heavy atom. The van der Waals surface area contributed by atoms with Crippen LogP contribution in [-0.4, -0.2) is 42.1 Å². The summed E-state index contributed by atoms with van der Waals surface area (Å²) in [7, 11) is 0. The van der Waals surface area contributed by atoms with E-state index in [9.17, 15) is 14.4 Å². The van der Waals surface area contributed by atoms with Crippen LogP contribution in [0.3, 0.4) is 0 Å². The van der Waals surface area contributed by atoms with Crippen molar-refractivity contribution < 1.29 is 23.9 Å². The number of ether oxygens (including phenoxy) is 2. The zero-order valence-corrected chi connectivity index (χ0v) is 17.8. The molecule has 1 saturated carbocycles. The van der Waals surface area contributed by atoms with Crippen LogP contribution in [0.1, 0.15) is 31.4 Å². The van der Waals surface area contributed by atoms with Gasteiger partial charge < -0.3 is 14.8 Å². The average molecular weight is 454 g/mol. The van der Waals surface area contributed by atoms with Crippen LogP contribution in [-0.2, 0) is 14.3 Å². The van der Waals surface area contributed by atoms with Gasteiger partial charge >= 0.3 is 12.0 Å². The zero-order chi connectivity index (χ0) is 21.7. The van der Waals surface area contributed by atoms with Gasteiger partial charge in [0.15, 0.2) is 19.0 Å². The van der Waals surface area contributed by atoms with E-state index in [0.29, 0.717) is 15.9 Å². The molecule has 0 spiro atoms. The van der Waals surface area contributed by atoms with Crippen molar-refractivity contribution in [1.82, 2.24) is 15.6 Å². The second-order valence-electron chi connectivity index (χ2n) is 6.97. The van der Waals surface area contributed by atoms with Gasteiger partial charge in [0.25, 0.3) is 5.91 Å². The van der Waals surface area contributed by atoms with Gasteiger partial charge in [-0.15, -0.1) is 0 Å². The van der Waals surface area contributed by atoms with Gasteiger partial charge in [0.05, 0.1) is 10.0 Å². The Morgan fingerprint density at radius 3 is 2.60 bits per heavy atom. The van der Waals surface area contributed by atoms with Crippen molar-refractivity contribution in [1.29, 1.82) is 0 Å². The number of hydrogen-bond acceptors (Lipinski definition) is 6. The summed E-state index contributed by atoms with van der Waals surface area (Å²) in [6.07, 6.45) is 3.89. The summed E-state index contributed by atoms with van der Waals surface area (Å²) in [5.41, 5.74) is 1.14. The van der Waals surface area contributed by atoms with Gasteiger partial charge in [0.2, 0.25) is 0 Å². The summed E-state index contributed by atoms with van der Waals surface area (Å²) in [5.74, 6) is -1.34. The smallest absolute Gasteiger partial charge is 0.344 e. The van der Waals surface area contributed by atoms with Gasteiger partial charge in [0, 0.05) is 17.1 Å². The highest BCUT2D eigenvalue weighted by molar-refractivity contribution is 6.39. The Hall–Kier alpha value is -2.58. The molecule has 3 amide bonds. The lowest BCUT2D eigenvalue weighted by atomic mass is 10.2. The van der Waals surface area contributed by atoms with E-state index in [0.717, 1.165) is 31.4 Å². The van der Waals surface area contributed by atoms with Crippen LogP contribution >= 0.6 is 23.2 Å². The lowest BCUT2D eigenvalue weighted by Gasteiger charge is -2.13. The third-order valence-electron chi connectivity index (χ3n) is 4.62. The molecule has 0 radical (unpaired) electrons. The van der Waals surface area contributed by atoms with Crippen molar-refractivity contribution in [3.8, 4) is 5.75 Å². The number of carbonyl (C=O) groups excluding carboxylic acids is 3. The maximum absolute atomic E-state index is 11.9. The fourth-order valence-electron chi connectivity index (χ4n) is 3.20. The van der Waals surface area contributed by atoms with E-state index in [4.69, 9.17) is 32.7 Å². The second kappa shape index (κ2) is 9.95. The molecule has 0 unspecified atom stereocenters. The average Bonchev–Trinajstić information content (AvgIpc) is 3.18. The topological polar surface area (TPSA) is 107 Å². The van der Waals surface area contributed by atoms with E-state index in [-0.39, 0.29) is 16.8 Å². The number of halogens is 2. The van der Waals surface area contributed by atoms with Crippen LogP contribution < -0.4 is 15.4 Å². The minimum Gasteiger partial charge on any atom is -0.478 e. The van der Waals surface area contributed by atoms with Gasteiger partial charge in [-0.3, -0.25) is 10.1 Å². The summed E-state index contributed by atoms with van der Waals surface area (Å²) in [6.45, 7) is 0.703. The molecule has 1 heterocycles. The lowest BCUT2D eigenvalue weighted by Crippen LogP contribution is -2.45. The molecule has 10 heteroatoms. The molecule has 1 fully saturated rings. The predicted molar refractivity (Wildman–Crippen MR) is 112 cm³/mol. The molecule has 1 aliphatic rings. The molecule has 2 N–H and O–H groups in total. The molecule has 0 bridgehead atoms. The normalized spacial score (nSPS) is 13.8. The Morgan fingerprint density at radius 1 is 1.13 bits per heavy atom. The van der Waals surface area contributed by atoms with Crippen molar-refractivity contribution in [3.05, 3.63) is 33.9 Å². The highest BCUT2D eigenvalue weighted by atomic mass is 35.5. The summed E-state index contributed by atoms with van der Waals surface area (Å²) >= 11 is 12.4. The number of pyridine rings is 1. The van der Waals surface area contributed by atoms with Crippen LogP contribution in [0.15, 0.2) is 18.2 Å². The van der Waals surface area contributed by atoms with Crippen molar-refractivity contribution in [2.75, 3.05) is 13.2 Å². The van der Waals surface area contributed by atoms with Crippen molar-refractivity contribution >= 4 is 52.0 Å². The molecule has 1 aromatic heterocycles. The molecule has 30 heavy (non-hydrogen) atoms. The number of urea groups is 1. The van der Waals surface area contributed by atoms with Crippen molar-refractivity contribution in [2.45, 2.75) is 38.6 Å². The standard InChI is InChI=1S/C20H21Cl2N3O5/c1-11-6-7-13-14(21)8-15(22)19(18(13)23-11)30-10-17(27)29-9-16(26)25-20(28)24-12-4-2-3-5-12/h6-8,12H,2-5,9-10H2,1H3,(H2,24,25,26,28). The highest BCUT2D eigenvalue weighted by Gasteiger charge is 2.19. The number of rotatable bonds is 6. The molecule has 3 rings (SSSR count). The molecule has 0 atom stereocenters. The lowest BCUT2D eigenvalue weighted by molar-refractivity contribution is -0.150. The zero-order valence-electron chi connectivity index (χ0n) is 16.3. The first kappa shape index (κ1) is 22.1. The summed E-state index contributed by atoms with van der Waals surface area (Å²) in [5, 5.41) is 6.07. The van der Waals surface area contributed by atoms with E-state index >= 15 is 0 Å². The number of benzene rings is 1. The van der Waals surface area contributed by atoms with E-state index in [2.05, 4.69) is 15.6 Å². The summed E-state index contributed by atoms with van der Waals surface area (Å²) in [4.78, 5) is 39.8. The Kier molecular flexibility index (Phi) is 7.33. The summed E-state index contributed by atoms with van der Waals surface area (Å²) in [6, 6.07) is 4.55. The van der Waals surface area contributed by atoms with Crippen LogP contribution in [0, 0.1) is 6.92 Å². The number of aryl methyl sites for hydroxylation is 1. The van der Waals surface area contributed by atoms with Gasteiger partial charge in [-0.05, 0) is 38.0 Å². The number of imide groups is 1. The van der Waals surface area contributed by atoms with Crippen LogP contribution in [0.4, 0.5) is 4.79 Å². The van der Waals surface area contributed by atoms with Gasteiger partial charge in [0.1, 0.15) is 5.52 Å². The van der Waals surface area contributed by atoms with Gasteiger partial charge in [-0.2, -0.15) is 0 Å². The van der Waals surface area contributed by atoms with Crippen LogP contribution in [0.2, 0.25) is 10.0 Å². The number of aromatic nitrogens is 1. The number of fused-ring (bicyclic) bond motifs is 1. The third-order valence-corrected chi connectivity index (χ3v) is 5.21. The Bertz CT molecular complexity index is 977. The maximum Gasteiger partial charge on any atom is 0.344 e. The molecular formula is C20H21Cl2N3O5. The minimum atomic E-state index is -0.798. The van der Waals surface area contributed by atoms with Crippen LogP contribution in [0.5, 0.6) is 5.75 Å². The quantitative estimate of drug-likeness (QED) is 0.647. The largest absolute Gasteiger partial charge is 0.478 e. The first-order chi connectivity index (χ1) is 14.3. The molecule has 160 valence electrons. The Labute approximate surface area is 183 Å². The second-order valence-corrected chi connectivity index (χ2v) is 7.78. The number of hydrogen-bond donors (Lipinski definition) is 2. The number of nitrogens with one attached hydrogen (secondary N) is 2. The number of carbonyl (C=O) groups is 3. The monoisotopic (exact) mass is 453 g/mol. The molecule has 1 aliphatic carbocycles. The SMILES string of the molecule is Cc1ccc2c(Cl)cc(Cl)c(OCC(=O)OCC(=O)NC(=O)NC3CCCC3)c2n1. The fraction of sp³-hybridized carbons (Fsp3) is 0.400. The number of nitrogens with zero attached hydrogens (tertiary/aromatic N) is 1. The van der Waals surface area contributed by atoms with E-state index in [1.807, 2.05) is 0 Å². The van der Waals surface area contributed by atoms with Gasteiger partial charge in [-0.25, -0.2) is 14.6 Å². The van der Waals surface area contributed by atoms with E-state index in [1.165, 1.54) is 6.07 Å². The molecule has 0 saturated heterocycles. The molecular weight excluding hydrogens is 433 g/mol. The number of amides is 3. The molecule has 2 aromatic rings. The minimum absolute atomic E-state index is 0.0740. The van der Waals surface area contributed by atoms with Crippen molar-refractivity contribution in [3.63, 3.8) is 0 Å². The van der Waals surface area contributed by atoms with Crippen molar-refractivity contribution in [2.24, 2.45) is 0 Å². The van der Waals surface area contributed by atoms with Gasteiger partial charge in [-0.1, -0.05) is 36.0 Å². The molecule has 8 nitrogen and oxygen atoms in total. The fourth-order valence-corrected chi connectivity index (χ4v) is 3.77. The first-order valence-electron chi connectivity index (χ1n) is 9.47. The maximum atomic E-state index is 11.9. The first-order valence-corrected chi connectivity index (χ1v) is 10.2. The molecule has 0 aliphatic heterocycles. The van der Waals surface area contributed by atoms with Crippen LogP contribution in [0.25, 0.3) is 10.9 Å². The molecule has 1 aromatic carbocycles. The van der Waals surface area contributed by atoms with E-state index in [1.54, 1.807) is 19.1 Å². The Balaban J connectivity index is 1.50.